The summed E-state index contributed by atoms with van der Waals surface area (Å²) in [6, 6.07) is 18.6. The molecule has 0 saturated carbocycles. The highest BCUT2D eigenvalue weighted by atomic mass is 32.2. The minimum Gasteiger partial charge on any atom is -0.442 e. The standard InChI is InChI=1S/C35H34F3N7O3S2/c1-21-6-15-28-22(2)17-26-19-50-32(44(26)29(28)16-21)41-30(49)18-40-45(33(46)48-34(3,4)5)25-9-7-23(8-10-25)31-39-20-43(42-31)24-11-13-27(14-12-24)47-35(36,37)38/h6-17,20,22,40H,18-19H2,1-5H3/b41-32-. The number of aromatic nitrogens is 3. The van der Waals surface area contributed by atoms with E-state index in [-0.39, 0.29) is 12.3 Å². The Balaban J connectivity index is 1.17. The van der Waals surface area contributed by atoms with E-state index in [1.54, 1.807) is 56.8 Å². The number of alkyl halides is 3. The monoisotopic (exact) mass is 721 g/mol. The molecule has 3 aromatic carbocycles. The van der Waals surface area contributed by atoms with Crippen LogP contribution in [-0.2, 0) is 4.74 Å². The number of thioether (sulfide) groups is 1. The summed E-state index contributed by atoms with van der Waals surface area (Å²) in [5, 5.41) is 6.52. The maximum atomic E-state index is 13.4. The molecule has 1 fully saturated rings. The van der Waals surface area contributed by atoms with E-state index < -0.39 is 18.1 Å². The average Bonchev–Trinajstić information content (AvgIpc) is 3.68. The molecule has 1 saturated heterocycles. The predicted octanol–water partition coefficient (Wildman–Crippen LogP) is 8.33. The average molecular weight is 722 g/mol. The molecular formula is C35H34F3N7O3S2. The molecule has 1 N–H and O–H groups in total. The van der Waals surface area contributed by atoms with E-state index in [4.69, 9.17) is 21.9 Å². The number of carbonyl (C=O) groups excluding carboxylic acids is 1. The fraction of sp³-hybridized carbons (Fsp3) is 0.286. The van der Waals surface area contributed by atoms with E-state index >= 15 is 0 Å². The highest BCUT2D eigenvalue weighted by Gasteiger charge is 2.33. The first kappa shape index (κ1) is 35.1. The molecule has 2 aliphatic rings. The van der Waals surface area contributed by atoms with E-state index in [2.05, 4.69) is 63.3 Å². The second-order valence-electron chi connectivity index (χ2n) is 12.7. The number of amides is 1. The lowest BCUT2D eigenvalue weighted by Gasteiger charge is -2.30. The van der Waals surface area contributed by atoms with Gasteiger partial charge in [-0.3, -0.25) is 4.90 Å². The Morgan fingerprint density at radius 1 is 1.10 bits per heavy atom. The summed E-state index contributed by atoms with van der Waals surface area (Å²) in [6.45, 7) is 9.69. The van der Waals surface area contributed by atoms with Gasteiger partial charge in [-0.1, -0.05) is 49.1 Å². The van der Waals surface area contributed by atoms with Crippen molar-refractivity contribution in [3.63, 3.8) is 0 Å². The lowest BCUT2D eigenvalue weighted by Crippen LogP contribution is -2.47. The first-order valence-electron chi connectivity index (χ1n) is 15.6. The molecule has 0 bridgehead atoms. The van der Waals surface area contributed by atoms with Crippen LogP contribution in [0.1, 0.15) is 44.7 Å². The molecule has 2 aliphatic heterocycles. The fourth-order valence-corrected chi connectivity index (χ4v) is 6.64. The van der Waals surface area contributed by atoms with Gasteiger partial charge in [0.2, 0.25) is 0 Å². The van der Waals surface area contributed by atoms with Gasteiger partial charge in [0.25, 0.3) is 0 Å². The van der Waals surface area contributed by atoms with E-state index in [0.717, 1.165) is 22.2 Å². The molecule has 260 valence electrons. The normalized spacial score (nSPS) is 16.5. The van der Waals surface area contributed by atoms with Crippen molar-refractivity contribution in [2.75, 3.05) is 22.2 Å². The number of halogens is 3. The first-order chi connectivity index (χ1) is 23.6. The molecule has 1 amide bonds. The number of rotatable bonds is 7. The van der Waals surface area contributed by atoms with Crippen LogP contribution in [0.2, 0.25) is 0 Å². The van der Waals surface area contributed by atoms with Crippen LogP contribution in [0.4, 0.5) is 29.3 Å². The van der Waals surface area contributed by atoms with Crippen LogP contribution < -0.4 is 20.1 Å². The number of aryl methyl sites for hydroxylation is 1. The third-order valence-corrected chi connectivity index (χ3v) is 8.79. The van der Waals surface area contributed by atoms with E-state index in [1.165, 1.54) is 51.5 Å². The van der Waals surface area contributed by atoms with Gasteiger partial charge in [0, 0.05) is 22.9 Å². The number of hydrogen-bond acceptors (Lipinski definition) is 8. The van der Waals surface area contributed by atoms with Crippen molar-refractivity contribution in [1.29, 1.82) is 0 Å². The number of nitrogens with zero attached hydrogens (tertiary/aromatic N) is 6. The summed E-state index contributed by atoms with van der Waals surface area (Å²) in [4.78, 5) is 25.0. The van der Waals surface area contributed by atoms with Crippen LogP contribution >= 0.6 is 24.0 Å². The van der Waals surface area contributed by atoms with Crippen LogP contribution in [0.25, 0.3) is 17.1 Å². The molecule has 0 aliphatic carbocycles. The lowest BCUT2D eigenvalue weighted by molar-refractivity contribution is -0.274. The molecule has 6 rings (SSSR count). The number of aliphatic imine (C=N–C) groups is 1. The van der Waals surface area contributed by atoms with Gasteiger partial charge in [-0.05, 0) is 93.4 Å². The van der Waals surface area contributed by atoms with Gasteiger partial charge in [-0.15, -0.1) is 18.3 Å². The van der Waals surface area contributed by atoms with Gasteiger partial charge in [0.15, 0.2) is 11.0 Å². The number of nitrogens with one attached hydrogen (secondary N) is 1. The number of fused-ring (bicyclic) bond motifs is 3. The van der Waals surface area contributed by atoms with Gasteiger partial charge in [0.1, 0.15) is 22.7 Å². The molecule has 15 heteroatoms. The van der Waals surface area contributed by atoms with Crippen molar-refractivity contribution >= 4 is 51.6 Å². The quantitative estimate of drug-likeness (QED) is 0.149. The van der Waals surface area contributed by atoms with Gasteiger partial charge in [-0.2, -0.15) is 0 Å². The van der Waals surface area contributed by atoms with Gasteiger partial charge in [-0.25, -0.2) is 29.9 Å². The zero-order valence-electron chi connectivity index (χ0n) is 27.9. The number of ether oxygens (including phenoxy) is 2. The smallest absolute Gasteiger partial charge is 0.442 e. The Labute approximate surface area is 297 Å². The summed E-state index contributed by atoms with van der Waals surface area (Å²) in [6.07, 6.45) is -1.70. The van der Waals surface area contributed by atoms with Crippen LogP contribution in [0.15, 0.2) is 89.8 Å². The molecule has 1 aromatic heterocycles. The summed E-state index contributed by atoms with van der Waals surface area (Å²) in [5.41, 5.74) is 8.63. The number of hydrazine groups is 1. The minimum absolute atomic E-state index is 0.0864. The molecule has 1 atom stereocenters. The number of allylic oxidation sites excluding steroid dienone is 1. The van der Waals surface area contributed by atoms with Crippen molar-refractivity contribution < 1.29 is 27.4 Å². The Bertz CT molecular complexity index is 1970. The molecule has 0 spiro atoms. The number of amidine groups is 1. The lowest BCUT2D eigenvalue weighted by atomic mass is 9.93. The Morgan fingerprint density at radius 2 is 1.82 bits per heavy atom. The van der Waals surface area contributed by atoms with Crippen molar-refractivity contribution in [2.45, 2.75) is 52.5 Å². The third kappa shape index (κ3) is 8.17. The van der Waals surface area contributed by atoms with Crippen molar-refractivity contribution in [3.8, 4) is 22.8 Å². The second-order valence-corrected chi connectivity index (χ2v) is 14.1. The Hall–Kier alpha value is -4.73. The largest absolute Gasteiger partial charge is 0.573 e. The number of anilines is 2. The topological polar surface area (TPSA) is 97.1 Å². The summed E-state index contributed by atoms with van der Waals surface area (Å²) >= 11 is 7.31. The Kier molecular flexibility index (Phi) is 9.75. The van der Waals surface area contributed by atoms with E-state index in [1.807, 2.05) is 0 Å². The van der Waals surface area contributed by atoms with E-state index in [0.29, 0.717) is 33.7 Å². The summed E-state index contributed by atoms with van der Waals surface area (Å²) < 4.78 is 48.6. The second kappa shape index (κ2) is 13.9. The van der Waals surface area contributed by atoms with Gasteiger partial charge in [0.05, 0.1) is 23.6 Å². The molecule has 10 nitrogen and oxygen atoms in total. The van der Waals surface area contributed by atoms with Crippen molar-refractivity contribution in [2.24, 2.45) is 4.99 Å². The molecule has 3 heterocycles. The number of benzene rings is 3. The third-order valence-electron chi connectivity index (χ3n) is 7.58. The number of hydrogen-bond donors (Lipinski definition) is 1. The maximum Gasteiger partial charge on any atom is 0.573 e. The number of thiocarbonyl (C=S) groups is 1. The number of carbonyl (C=O) groups is 1. The molecule has 50 heavy (non-hydrogen) atoms. The van der Waals surface area contributed by atoms with Crippen LogP contribution in [-0.4, -0.2) is 55.3 Å². The summed E-state index contributed by atoms with van der Waals surface area (Å²) in [7, 11) is 0. The predicted molar refractivity (Wildman–Crippen MR) is 193 cm³/mol. The first-order valence-corrected chi connectivity index (χ1v) is 17.0. The SMILES string of the molecule is Cc1ccc2c(c1)N1C(=CC2C)CS/C1=N\C(=S)CNN(C(=O)OC(C)(C)C)c1ccc(-c2ncn(-c3ccc(OC(F)(F)F)cc3)n2)cc1. The van der Waals surface area contributed by atoms with Crippen LogP contribution in [0.5, 0.6) is 5.75 Å². The molecule has 1 unspecified atom stereocenters. The molecule has 0 radical (unpaired) electrons. The highest BCUT2D eigenvalue weighted by Crippen LogP contribution is 2.43. The Morgan fingerprint density at radius 3 is 2.50 bits per heavy atom. The minimum atomic E-state index is -4.78. The fourth-order valence-electron chi connectivity index (χ4n) is 5.41. The zero-order valence-corrected chi connectivity index (χ0v) is 29.5. The highest BCUT2D eigenvalue weighted by molar-refractivity contribution is 8.14. The maximum absolute atomic E-state index is 13.4. The van der Waals surface area contributed by atoms with Crippen LogP contribution in [0.3, 0.4) is 0 Å². The van der Waals surface area contributed by atoms with Crippen molar-refractivity contribution in [3.05, 3.63) is 96.0 Å². The van der Waals surface area contributed by atoms with Crippen LogP contribution in [0, 0.1) is 6.92 Å². The van der Waals surface area contributed by atoms with E-state index in [9.17, 15) is 18.0 Å². The zero-order chi connectivity index (χ0) is 35.8. The molecule has 4 aromatic rings. The summed E-state index contributed by atoms with van der Waals surface area (Å²) in [5.74, 6) is 1.12. The van der Waals surface area contributed by atoms with Crippen molar-refractivity contribution in [1.82, 2.24) is 20.2 Å². The molecular weight excluding hydrogens is 688 g/mol. The van der Waals surface area contributed by atoms with Gasteiger partial charge >= 0.3 is 12.5 Å². The van der Waals surface area contributed by atoms with Gasteiger partial charge < -0.3 is 9.47 Å².